The number of aromatic nitrogens is 1. The summed E-state index contributed by atoms with van der Waals surface area (Å²) in [5.74, 6) is -1.43. The molecule has 3 aromatic rings. The SMILES string of the molecule is O=C(CCS(=O)(=O)c1ccc(F)cc1)NNc1nc2c(Cl)cccc2s1. The van der Waals surface area contributed by atoms with Crippen molar-refractivity contribution in [3.8, 4) is 0 Å². The standard InChI is InChI=1S/C16H13ClFN3O3S2/c17-12-2-1-3-13-15(12)19-16(25-13)21-20-14(22)8-9-26(23,24)11-6-4-10(18)5-7-11/h1-7H,8-9H2,(H,19,21)(H,20,22). The molecule has 0 spiro atoms. The highest BCUT2D eigenvalue weighted by atomic mass is 35.5. The van der Waals surface area contributed by atoms with E-state index in [1.807, 2.05) is 6.07 Å². The van der Waals surface area contributed by atoms with Gasteiger partial charge in [-0.15, -0.1) is 0 Å². The van der Waals surface area contributed by atoms with E-state index in [2.05, 4.69) is 15.8 Å². The smallest absolute Gasteiger partial charge is 0.239 e. The molecule has 0 atom stereocenters. The van der Waals surface area contributed by atoms with Gasteiger partial charge in [0.2, 0.25) is 11.0 Å². The van der Waals surface area contributed by atoms with Crippen molar-refractivity contribution < 1.29 is 17.6 Å². The van der Waals surface area contributed by atoms with E-state index in [1.165, 1.54) is 23.5 Å². The van der Waals surface area contributed by atoms with Crippen LogP contribution in [0.25, 0.3) is 10.2 Å². The van der Waals surface area contributed by atoms with Gasteiger partial charge in [0.25, 0.3) is 0 Å². The number of hydrogen-bond donors (Lipinski definition) is 2. The van der Waals surface area contributed by atoms with Crippen molar-refractivity contribution in [1.82, 2.24) is 10.4 Å². The summed E-state index contributed by atoms with van der Waals surface area (Å²) in [6.45, 7) is 0. The van der Waals surface area contributed by atoms with Crippen LogP contribution in [0.4, 0.5) is 9.52 Å². The van der Waals surface area contributed by atoms with Crippen molar-refractivity contribution in [2.45, 2.75) is 11.3 Å². The summed E-state index contributed by atoms with van der Waals surface area (Å²) in [4.78, 5) is 16.1. The molecule has 0 unspecified atom stereocenters. The number of nitrogens with one attached hydrogen (secondary N) is 2. The van der Waals surface area contributed by atoms with E-state index in [1.54, 1.807) is 12.1 Å². The Hall–Kier alpha value is -2.23. The van der Waals surface area contributed by atoms with Gasteiger partial charge in [-0.3, -0.25) is 15.6 Å². The number of hydrogen-bond acceptors (Lipinski definition) is 6. The predicted octanol–water partition coefficient (Wildman–Crippen LogP) is 3.40. The van der Waals surface area contributed by atoms with Gasteiger partial charge in [-0.05, 0) is 36.4 Å². The van der Waals surface area contributed by atoms with Crippen LogP contribution in [0.3, 0.4) is 0 Å². The number of amides is 1. The van der Waals surface area contributed by atoms with Gasteiger partial charge in [0, 0.05) is 6.42 Å². The first-order valence-electron chi connectivity index (χ1n) is 7.43. The summed E-state index contributed by atoms with van der Waals surface area (Å²) in [7, 11) is -3.67. The van der Waals surface area contributed by atoms with E-state index in [0.29, 0.717) is 15.7 Å². The third-order valence-electron chi connectivity index (χ3n) is 3.45. The summed E-state index contributed by atoms with van der Waals surface area (Å²) in [5.41, 5.74) is 5.67. The average Bonchev–Trinajstić information content (AvgIpc) is 3.03. The maximum Gasteiger partial charge on any atom is 0.239 e. The molecule has 0 aliphatic rings. The fraction of sp³-hybridized carbons (Fsp3) is 0.125. The van der Waals surface area contributed by atoms with Crippen molar-refractivity contribution in [2.75, 3.05) is 11.2 Å². The number of rotatable bonds is 6. The van der Waals surface area contributed by atoms with Crippen LogP contribution < -0.4 is 10.9 Å². The number of fused-ring (bicyclic) bond motifs is 1. The summed E-state index contributed by atoms with van der Waals surface area (Å²) in [6.07, 6.45) is -0.252. The fourth-order valence-electron chi connectivity index (χ4n) is 2.14. The first-order valence-corrected chi connectivity index (χ1v) is 10.3. The van der Waals surface area contributed by atoms with Crippen LogP contribution in [0.5, 0.6) is 0 Å². The van der Waals surface area contributed by atoms with Crippen LogP contribution in [0, 0.1) is 5.82 Å². The molecule has 1 amide bonds. The molecule has 136 valence electrons. The Bertz CT molecular complexity index is 1050. The van der Waals surface area contributed by atoms with Gasteiger partial charge in [0.05, 0.1) is 20.4 Å². The molecule has 0 aliphatic carbocycles. The molecule has 0 radical (unpaired) electrons. The summed E-state index contributed by atoms with van der Waals surface area (Å²) in [5, 5.41) is 0.936. The van der Waals surface area contributed by atoms with Crippen molar-refractivity contribution in [2.24, 2.45) is 0 Å². The monoisotopic (exact) mass is 413 g/mol. The number of anilines is 1. The largest absolute Gasteiger partial charge is 0.273 e. The third-order valence-corrected chi connectivity index (χ3v) is 6.42. The molecule has 0 saturated carbocycles. The Kier molecular flexibility index (Phi) is 5.40. The van der Waals surface area contributed by atoms with E-state index in [0.717, 1.165) is 16.8 Å². The van der Waals surface area contributed by atoms with E-state index < -0.39 is 27.3 Å². The summed E-state index contributed by atoms with van der Waals surface area (Å²) >= 11 is 7.34. The molecule has 2 aromatic carbocycles. The van der Waals surface area contributed by atoms with Crippen LogP contribution in [0.1, 0.15) is 6.42 Å². The predicted molar refractivity (Wildman–Crippen MR) is 99.5 cm³/mol. The number of thiazole rings is 1. The number of halogens is 2. The first-order chi connectivity index (χ1) is 12.3. The number of para-hydroxylation sites is 1. The number of hydrazine groups is 1. The van der Waals surface area contributed by atoms with Crippen molar-refractivity contribution >= 4 is 54.0 Å². The van der Waals surface area contributed by atoms with Gasteiger partial charge >= 0.3 is 0 Å². The van der Waals surface area contributed by atoms with Gasteiger partial charge in [0.15, 0.2) is 9.84 Å². The highest BCUT2D eigenvalue weighted by Gasteiger charge is 2.17. The molecule has 0 fully saturated rings. The van der Waals surface area contributed by atoms with Crippen LogP contribution in [-0.4, -0.2) is 25.1 Å². The Balaban J connectivity index is 1.56. The Morgan fingerprint density at radius 3 is 2.62 bits per heavy atom. The van der Waals surface area contributed by atoms with E-state index in [-0.39, 0.29) is 11.3 Å². The minimum absolute atomic E-state index is 0.0273. The number of carbonyl (C=O) groups excluding carboxylic acids is 1. The highest BCUT2D eigenvalue weighted by Crippen LogP contribution is 2.30. The third kappa shape index (κ3) is 4.29. The quantitative estimate of drug-likeness (QED) is 0.477. The molecule has 1 heterocycles. The zero-order valence-electron chi connectivity index (χ0n) is 13.2. The molecule has 0 saturated heterocycles. The lowest BCUT2D eigenvalue weighted by atomic mass is 10.3. The second kappa shape index (κ2) is 7.56. The molecule has 0 bridgehead atoms. The first kappa shape index (κ1) is 18.6. The van der Waals surface area contributed by atoms with Crippen LogP contribution in [0.2, 0.25) is 5.02 Å². The maximum atomic E-state index is 12.9. The molecule has 0 aliphatic heterocycles. The van der Waals surface area contributed by atoms with Crippen molar-refractivity contribution in [3.05, 3.63) is 53.3 Å². The van der Waals surface area contributed by atoms with E-state index >= 15 is 0 Å². The Morgan fingerprint density at radius 1 is 1.19 bits per heavy atom. The van der Waals surface area contributed by atoms with Gasteiger partial charge < -0.3 is 0 Å². The average molecular weight is 414 g/mol. The molecular weight excluding hydrogens is 401 g/mol. The lowest BCUT2D eigenvalue weighted by Gasteiger charge is -2.06. The van der Waals surface area contributed by atoms with E-state index in [9.17, 15) is 17.6 Å². The molecular formula is C16H13ClFN3O3S2. The normalized spacial score (nSPS) is 11.5. The van der Waals surface area contributed by atoms with E-state index in [4.69, 9.17) is 11.6 Å². The zero-order chi connectivity index (χ0) is 18.7. The van der Waals surface area contributed by atoms with Crippen LogP contribution >= 0.6 is 22.9 Å². The van der Waals surface area contributed by atoms with Gasteiger partial charge in [-0.2, -0.15) is 0 Å². The minimum atomic E-state index is -3.67. The Morgan fingerprint density at radius 2 is 1.92 bits per heavy atom. The topological polar surface area (TPSA) is 88.2 Å². The molecule has 10 heteroatoms. The minimum Gasteiger partial charge on any atom is -0.273 e. The number of benzene rings is 2. The summed E-state index contributed by atoms with van der Waals surface area (Å²) < 4.78 is 38.0. The highest BCUT2D eigenvalue weighted by molar-refractivity contribution is 7.91. The van der Waals surface area contributed by atoms with Crippen molar-refractivity contribution in [3.63, 3.8) is 0 Å². The second-order valence-corrected chi connectivity index (χ2v) is 8.85. The zero-order valence-corrected chi connectivity index (χ0v) is 15.6. The number of carbonyl (C=O) groups is 1. The van der Waals surface area contributed by atoms with Gasteiger partial charge in [0.1, 0.15) is 11.3 Å². The van der Waals surface area contributed by atoms with Crippen molar-refractivity contribution in [1.29, 1.82) is 0 Å². The molecule has 2 N–H and O–H groups in total. The fourth-order valence-corrected chi connectivity index (χ4v) is 4.50. The molecule has 6 nitrogen and oxygen atoms in total. The second-order valence-electron chi connectivity index (χ2n) is 5.30. The summed E-state index contributed by atoms with van der Waals surface area (Å²) in [6, 6.07) is 9.83. The molecule has 3 rings (SSSR count). The molecule has 1 aromatic heterocycles. The van der Waals surface area contributed by atoms with Gasteiger partial charge in [-0.1, -0.05) is 29.0 Å². The van der Waals surface area contributed by atoms with Gasteiger partial charge in [-0.25, -0.2) is 17.8 Å². The lowest BCUT2D eigenvalue weighted by molar-refractivity contribution is -0.120. The van der Waals surface area contributed by atoms with Crippen LogP contribution in [0.15, 0.2) is 47.4 Å². The lowest BCUT2D eigenvalue weighted by Crippen LogP contribution is -2.30. The maximum absolute atomic E-state index is 12.9. The van der Waals surface area contributed by atoms with Crippen LogP contribution in [-0.2, 0) is 14.6 Å². The number of nitrogens with zero attached hydrogens (tertiary/aromatic N) is 1. The number of sulfone groups is 1. The Labute approximate surface area is 157 Å². The molecule has 26 heavy (non-hydrogen) atoms.